The lowest BCUT2D eigenvalue weighted by Crippen LogP contribution is -2.24. The van der Waals surface area contributed by atoms with E-state index in [4.69, 9.17) is 16.3 Å². The third-order valence-corrected chi connectivity index (χ3v) is 3.84. The molecular formula is C19H17ClF3N3O4. The molecule has 30 heavy (non-hydrogen) atoms. The van der Waals surface area contributed by atoms with Crippen LogP contribution >= 0.6 is 11.6 Å². The van der Waals surface area contributed by atoms with Crippen LogP contribution in [0.5, 0.6) is 11.5 Å². The van der Waals surface area contributed by atoms with Gasteiger partial charge < -0.3 is 15.2 Å². The first-order valence-electron chi connectivity index (χ1n) is 8.54. The average molecular weight is 444 g/mol. The van der Waals surface area contributed by atoms with Crippen molar-refractivity contribution >= 4 is 35.3 Å². The number of ether oxygens (including phenoxy) is 1. The van der Waals surface area contributed by atoms with Crippen molar-refractivity contribution in [3.8, 4) is 11.5 Å². The lowest BCUT2D eigenvalue weighted by molar-refractivity contribution is -0.137. The van der Waals surface area contributed by atoms with E-state index in [-0.39, 0.29) is 22.2 Å². The fourth-order valence-electron chi connectivity index (χ4n) is 2.28. The summed E-state index contributed by atoms with van der Waals surface area (Å²) in [6.07, 6.45) is -3.99. The summed E-state index contributed by atoms with van der Waals surface area (Å²) in [4.78, 5) is 23.6. The Bertz CT molecular complexity index is 965. The molecule has 0 heterocycles. The van der Waals surface area contributed by atoms with Crippen LogP contribution in [0.2, 0.25) is 5.02 Å². The minimum Gasteiger partial charge on any atom is -0.503 e. The number of alkyl halides is 3. The Labute approximate surface area is 174 Å². The Morgan fingerprint density at radius 1 is 1.23 bits per heavy atom. The summed E-state index contributed by atoms with van der Waals surface area (Å²) in [5, 5.41) is 15.7. The Hall–Kier alpha value is -3.27. The van der Waals surface area contributed by atoms with E-state index in [2.05, 4.69) is 15.8 Å². The molecule has 0 spiro atoms. The van der Waals surface area contributed by atoms with Crippen molar-refractivity contribution in [2.75, 3.05) is 11.9 Å². The number of hydrogen-bond acceptors (Lipinski definition) is 5. The third kappa shape index (κ3) is 6.66. The van der Waals surface area contributed by atoms with Crippen LogP contribution in [0.3, 0.4) is 0 Å². The number of halogens is 4. The second-order valence-electron chi connectivity index (χ2n) is 5.88. The van der Waals surface area contributed by atoms with E-state index in [0.29, 0.717) is 12.2 Å². The van der Waals surface area contributed by atoms with E-state index < -0.39 is 30.0 Å². The highest BCUT2D eigenvalue weighted by Crippen LogP contribution is 2.34. The van der Waals surface area contributed by atoms with Gasteiger partial charge in [0.2, 0.25) is 11.8 Å². The minimum atomic E-state index is -4.55. The van der Waals surface area contributed by atoms with Gasteiger partial charge in [0.1, 0.15) is 6.42 Å². The van der Waals surface area contributed by atoms with E-state index in [9.17, 15) is 27.9 Å². The van der Waals surface area contributed by atoms with Crippen LogP contribution in [-0.2, 0) is 15.8 Å². The molecule has 0 saturated carbocycles. The maximum Gasteiger partial charge on any atom is 0.416 e. The zero-order valence-corrected chi connectivity index (χ0v) is 16.3. The lowest BCUT2D eigenvalue weighted by Gasteiger charge is -2.09. The summed E-state index contributed by atoms with van der Waals surface area (Å²) < 4.78 is 43.3. The van der Waals surface area contributed by atoms with Crippen molar-refractivity contribution in [2.24, 2.45) is 5.10 Å². The van der Waals surface area contributed by atoms with Gasteiger partial charge in [-0.3, -0.25) is 9.59 Å². The van der Waals surface area contributed by atoms with E-state index in [0.717, 1.165) is 18.2 Å². The first-order chi connectivity index (χ1) is 14.1. The van der Waals surface area contributed by atoms with Gasteiger partial charge in [0, 0.05) is 5.69 Å². The van der Waals surface area contributed by atoms with Gasteiger partial charge in [-0.25, -0.2) is 5.43 Å². The number of nitrogens with zero attached hydrogens (tertiary/aromatic N) is 1. The maximum atomic E-state index is 12.7. The van der Waals surface area contributed by atoms with Crippen LogP contribution < -0.4 is 15.5 Å². The minimum absolute atomic E-state index is 0.0224. The highest BCUT2D eigenvalue weighted by molar-refractivity contribution is 6.32. The van der Waals surface area contributed by atoms with Gasteiger partial charge in [-0.15, -0.1) is 0 Å². The standard InChI is InChI=1S/C19H17ClF3N3O4/c1-2-30-15-7-11(6-14(20)18(15)29)10-24-26-17(28)9-16(27)25-13-5-3-4-12(8-13)19(21,22)23/h3-8,10,29H,2,9H2,1H3,(H,25,27)(H,26,28)/b24-10+. The molecule has 0 bridgehead atoms. The highest BCUT2D eigenvalue weighted by Gasteiger charge is 2.30. The van der Waals surface area contributed by atoms with Crippen molar-refractivity contribution in [3.05, 3.63) is 52.5 Å². The molecule has 7 nitrogen and oxygen atoms in total. The molecule has 0 fully saturated rings. The second kappa shape index (κ2) is 9.97. The van der Waals surface area contributed by atoms with Gasteiger partial charge in [0.05, 0.1) is 23.4 Å². The third-order valence-electron chi connectivity index (χ3n) is 3.55. The number of carbonyl (C=O) groups excluding carboxylic acids is 2. The summed E-state index contributed by atoms with van der Waals surface area (Å²) in [5.74, 6) is -1.69. The van der Waals surface area contributed by atoms with Crippen molar-refractivity contribution in [1.82, 2.24) is 5.43 Å². The van der Waals surface area contributed by atoms with Crippen LogP contribution in [-0.4, -0.2) is 29.7 Å². The predicted molar refractivity (Wildman–Crippen MR) is 105 cm³/mol. The van der Waals surface area contributed by atoms with Gasteiger partial charge in [-0.2, -0.15) is 18.3 Å². The maximum absolute atomic E-state index is 12.7. The van der Waals surface area contributed by atoms with Crippen LogP contribution in [0.15, 0.2) is 41.5 Å². The van der Waals surface area contributed by atoms with Crippen molar-refractivity contribution in [3.63, 3.8) is 0 Å². The first-order valence-corrected chi connectivity index (χ1v) is 8.92. The number of benzene rings is 2. The molecule has 160 valence electrons. The Morgan fingerprint density at radius 3 is 2.63 bits per heavy atom. The molecule has 0 radical (unpaired) electrons. The molecule has 0 aliphatic rings. The summed E-state index contributed by atoms with van der Waals surface area (Å²) >= 11 is 5.88. The number of hydrazone groups is 1. The number of nitrogens with one attached hydrogen (secondary N) is 2. The average Bonchev–Trinajstić information content (AvgIpc) is 2.65. The number of carbonyl (C=O) groups is 2. The number of amides is 2. The SMILES string of the molecule is CCOc1cc(/C=N/NC(=O)CC(=O)Nc2cccc(C(F)(F)F)c2)cc(Cl)c1O. The topological polar surface area (TPSA) is 100 Å². The van der Waals surface area contributed by atoms with Gasteiger partial charge in [-0.1, -0.05) is 17.7 Å². The first kappa shape index (κ1) is 23.0. The fraction of sp³-hybridized carbons (Fsp3) is 0.211. The van der Waals surface area contributed by atoms with Gasteiger partial charge in [0.15, 0.2) is 11.5 Å². The number of hydrogen-bond donors (Lipinski definition) is 3. The fourth-order valence-corrected chi connectivity index (χ4v) is 2.50. The summed E-state index contributed by atoms with van der Waals surface area (Å²) in [7, 11) is 0. The number of phenolic OH excluding ortho intramolecular Hbond substituents is 1. The van der Waals surface area contributed by atoms with Crippen LogP contribution in [0.4, 0.5) is 18.9 Å². The van der Waals surface area contributed by atoms with Crippen molar-refractivity contribution in [2.45, 2.75) is 19.5 Å². The molecule has 2 rings (SSSR count). The molecule has 0 aliphatic heterocycles. The predicted octanol–water partition coefficient (Wildman–Crippen LogP) is 3.94. The second-order valence-corrected chi connectivity index (χ2v) is 6.29. The van der Waals surface area contributed by atoms with Crippen LogP contribution in [0, 0.1) is 0 Å². The molecule has 0 unspecified atom stereocenters. The molecule has 2 aromatic carbocycles. The quantitative estimate of drug-likeness (QED) is 0.343. The van der Waals surface area contributed by atoms with Gasteiger partial charge in [0.25, 0.3) is 0 Å². The smallest absolute Gasteiger partial charge is 0.416 e. The normalized spacial score (nSPS) is 11.4. The monoisotopic (exact) mass is 443 g/mol. The lowest BCUT2D eigenvalue weighted by atomic mass is 10.2. The Morgan fingerprint density at radius 2 is 1.97 bits per heavy atom. The van der Waals surface area contributed by atoms with E-state index >= 15 is 0 Å². The molecule has 3 N–H and O–H groups in total. The highest BCUT2D eigenvalue weighted by atomic mass is 35.5. The summed E-state index contributed by atoms with van der Waals surface area (Å²) in [6, 6.07) is 6.87. The molecular weight excluding hydrogens is 427 g/mol. The molecule has 0 aliphatic carbocycles. The number of anilines is 1. The molecule has 0 saturated heterocycles. The molecule has 2 aromatic rings. The zero-order valence-electron chi connectivity index (χ0n) is 15.6. The van der Waals surface area contributed by atoms with E-state index in [1.165, 1.54) is 24.4 Å². The van der Waals surface area contributed by atoms with Crippen LogP contribution in [0.1, 0.15) is 24.5 Å². The van der Waals surface area contributed by atoms with Gasteiger partial charge >= 0.3 is 6.18 Å². The van der Waals surface area contributed by atoms with Gasteiger partial charge in [-0.05, 0) is 42.8 Å². The van der Waals surface area contributed by atoms with Crippen molar-refractivity contribution in [1.29, 1.82) is 0 Å². The number of phenols is 1. The Balaban J connectivity index is 1.92. The largest absolute Gasteiger partial charge is 0.503 e. The molecule has 0 aromatic heterocycles. The summed E-state index contributed by atoms with van der Waals surface area (Å²) in [6.45, 7) is 2.01. The van der Waals surface area contributed by atoms with Crippen molar-refractivity contribution < 1.29 is 32.6 Å². The molecule has 0 atom stereocenters. The Kier molecular flexibility index (Phi) is 7.65. The van der Waals surface area contributed by atoms with E-state index in [1.54, 1.807) is 6.92 Å². The zero-order chi connectivity index (χ0) is 22.3. The molecule has 2 amide bonds. The summed E-state index contributed by atoms with van der Waals surface area (Å²) in [5.41, 5.74) is 1.51. The molecule has 11 heteroatoms. The van der Waals surface area contributed by atoms with Crippen LogP contribution in [0.25, 0.3) is 0 Å². The number of rotatable bonds is 7. The number of aromatic hydroxyl groups is 1. The van der Waals surface area contributed by atoms with E-state index in [1.807, 2.05) is 0 Å².